The lowest BCUT2D eigenvalue weighted by atomic mass is 9.65. The van der Waals surface area contributed by atoms with Gasteiger partial charge >= 0.3 is 6.98 Å². The van der Waals surface area contributed by atoms with Gasteiger partial charge in [-0.3, -0.25) is 0 Å². The molecule has 138 valence electrons. The van der Waals surface area contributed by atoms with E-state index in [1.165, 1.54) is 59.2 Å². The van der Waals surface area contributed by atoms with E-state index in [-0.39, 0.29) is 6.98 Å². The summed E-state index contributed by atoms with van der Waals surface area (Å²) in [5.74, 6) is 0. The molecule has 0 saturated heterocycles. The molecular formula is C26H15BN2S. The Kier molecular flexibility index (Phi) is 2.64. The summed E-state index contributed by atoms with van der Waals surface area (Å²) in [5.41, 5.74) is 8.03. The Morgan fingerprint density at radius 1 is 0.633 bits per heavy atom. The maximum Gasteiger partial charge on any atom is 0.432 e. The molecule has 0 bridgehead atoms. The third-order valence-electron chi connectivity index (χ3n) is 6.75. The van der Waals surface area contributed by atoms with Crippen molar-refractivity contribution in [1.29, 1.82) is 0 Å². The molecule has 2 aromatic heterocycles. The van der Waals surface area contributed by atoms with Crippen molar-refractivity contribution in [2.24, 2.45) is 0 Å². The van der Waals surface area contributed by atoms with E-state index in [9.17, 15) is 0 Å². The van der Waals surface area contributed by atoms with Gasteiger partial charge in [-0.1, -0.05) is 66.7 Å². The van der Waals surface area contributed by atoms with Crippen molar-refractivity contribution in [1.82, 2.24) is 4.48 Å². The van der Waals surface area contributed by atoms with Gasteiger partial charge in [0.25, 0.3) is 0 Å². The first-order valence-electron chi connectivity index (χ1n) is 10.3. The maximum absolute atomic E-state index is 2.57. The second-order valence-corrected chi connectivity index (χ2v) is 9.24. The number of hydrogen-bond acceptors (Lipinski definition) is 2. The Hall–Kier alpha value is -3.50. The average Bonchev–Trinajstić information content (AvgIpc) is 3.46. The van der Waals surface area contributed by atoms with E-state index in [0.29, 0.717) is 0 Å². The van der Waals surface area contributed by atoms with Crippen molar-refractivity contribution in [2.45, 2.75) is 0 Å². The zero-order chi connectivity index (χ0) is 19.4. The average molecular weight is 398 g/mol. The van der Waals surface area contributed by atoms with Crippen LogP contribution in [0.4, 0.5) is 11.4 Å². The molecule has 0 N–H and O–H groups in total. The molecule has 2 nitrogen and oxygen atoms in total. The zero-order valence-electron chi connectivity index (χ0n) is 16.0. The largest absolute Gasteiger partial charge is 0.432 e. The van der Waals surface area contributed by atoms with Crippen molar-refractivity contribution in [3.05, 3.63) is 91.0 Å². The maximum atomic E-state index is 2.57. The van der Waals surface area contributed by atoms with Crippen molar-refractivity contribution >= 4 is 66.4 Å². The molecule has 0 aliphatic carbocycles. The third-order valence-corrected chi connectivity index (χ3v) is 7.96. The van der Waals surface area contributed by atoms with Crippen LogP contribution in [0.25, 0.3) is 43.0 Å². The van der Waals surface area contributed by atoms with E-state index < -0.39 is 0 Å². The van der Waals surface area contributed by atoms with Gasteiger partial charge in [0.2, 0.25) is 0 Å². The van der Waals surface area contributed by atoms with E-state index in [2.05, 4.69) is 100 Å². The number of hydrogen-bond donors (Lipinski definition) is 0. The molecule has 8 rings (SSSR count). The molecule has 4 aromatic carbocycles. The van der Waals surface area contributed by atoms with Gasteiger partial charge in [-0.15, -0.1) is 11.3 Å². The Bertz CT molecular complexity index is 1680. The normalized spacial score (nSPS) is 13.9. The Morgan fingerprint density at radius 2 is 1.37 bits per heavy atom. The van der Waals surface area contributed by atoms with Gasteiger partial charge in [0.05, 0.1) is 11.2 Å². The number of fused-ring (bicyclic) bond motifs is 13. The van der Waals surface area contributed by atoms with Crippen LogP contribution in [-0.2, 0) is 0 Å². The van der Waals surface area contributed by atoms with Crippen LogP contribution in [-0.4, -0.2) is 11.5 Å². The highest BCUT2D eigenvalue weighted by atomic mass is 32.1. The monoisotopic (exact) mass is 398 g/mol. The van der Waals surface area contributed by atoms with Gasteiger partial charge in [-0.05, 0) is 29.7 Å². The van der Waals surface area contributed by atoms with Gasteiger partial charge < -0.3 is 9.29 Å². The second kappa shape index (κ2) is 5.16. The van der Waals surface area contributed by atoms with Crippen LogP contribution >= 0.6 is 11.3 Å². The lowest BCUT2D eigenvalue weighted by Crippen LogP contribution is -2.50. The van der Waals surface area contributed by atoms with E-state index in [1.807, 2.05) is 11.3 Å². The van der Waals surface area contributed by atoms with Gasteiger partial charge in [-0.25, -0.2) is 0 Å². The predicted octanol–water partition coefficient (Wildman–Crippen LogP) is 6.38. The molecule has 6 aromatic rings. The number of anilines is 2. The van der Waals surface area contributed by atoms with Crippen molar-refractivity contribution in [2.75, 3.05) is 4.81 Å². The first-order valence-corrected chi connectivity index (χ1v) is 11.2. The van der Waals surface area contributed by atoms with Crippen LogP contribution in [0.1, 0.15) is 0 Å². The molecule has 0 unspecified atom stereocenters. The lowest BCUT2D eigenvalue weighted by molar-refractivity contribution is 1.32. The molecule has 0 spiro atoms. The molecular weight excluding hydrogens is 383 g/mol. The molecule has 0 saturated carbocycles. The number of benzene rings is 4. The minimum Gasteiger partial charge on any atom is -0.359 e. The van der Waals surface area contributed by atoms with Crippen molar-refractivity contribution < 1.29 is 0 Å². The second-order valence-electron chi connectivity index (χ2n) is 8.16. The van der Waals surface area contributed by atoms with Crippen LogP contribution in [0.3, 0.4) is 0 Å². The number of para-hydroxylation sites is 3. The fraction of sp³-hybridized carbons (Fsp3) is 0. The molecule has 0 amide bonds. The topological polar surface area (TPSA) is 8.17 Å². The Morgan fingerprint density at radius 3 is 2.33 bits per heavy atom. The molecule has 2 aliphatic rings. The number of aromatic nitrogens is 1. The fourth-order valence-electron chi connectivity index (χ4n) is 5.64. The highest BCUT2D eigenvalue weighted by Crippen LogP contribution is 2.51. The van der Waals surface area contributed by atoms with E-state index >= 15 is 0 Å². The van der Waals surface area contributed by atoms with Crippen LogP contribution in [0.5, 0.6) is 0 Å². The fourth-order valence-corrected chi connectivity index (χ4v) is 6.95. The number of rotatable bonds is 0. The van der Waals surface area contributed by atoms with Gasteiger partial charge in [0, 0.05) is 42.6 Å². The molecule has 2 aliphatic heterocycles. The highest BCUT2D eigenvalue weighted by Gasteiger charge is 2.46. The van der Waals surface area contributed by atoms with E-state index in [0.717, 1.165) is 0 Å². The minimum atomic E-state index is 0.159. The first-order chi connectivity index (χ1) is 14.9. The summed E-state index contributed by atoms with van der Waals surface area (Å²) in [6, 6.07) is 33.4. The quantitative estimate of drug-likeness (QED) is 0.269. The smallest absolute Gasteiger partial charge is 0.359 e. The van der Waals surface area contributed by atoms with Crippen LogP contribution in [0.2, 0.25) is 0 Å². The number of nitrogens with zero attached hydrogens (tertiary/aromatic N) is 2. The van der Waals surface area contributed by atoms with E-state index in [4.69, 9.17) is 0 Å². The molecule has 0 radical (unpaired) electrons. The van der Waals surface area contributed by atoms with Gasteiger partial charge in [0.15, 0.2) is 0 Å². The molecule has 30 heavy (non-hydrogen) atoms. The molecule has 4 heterocycles. The lowest BCUT2D eigenvalue weighted by Gasteiger charge is -2.33. The molecule has 0 fully saturated rings. The summed E-state index contributed by atoms with van der Waals surface area (Å²) < 4.78 is 5.38. The first kappa shape index (κ1) is 15.4. The molecule has 0 atom stereocenters. The SMILES string of the molecule is c1ccc2c(c1)-c1c(sc3ccccc13)B1N2c2cccc3c4ccccc4n1c23. The van der Waals surface area contributed by atoms with Crippen molar-refractivity contribution in [3.63, 3.8) is 0 Å². The predicted molar refractivity (Wildman–Crippen MR) is 130 cm³/mol. The summed E-state index contributed by atoms with van der Waals surface area (Å²) in [6.45, 7) is 0.159. The van der Waals surface area contributed by atoms with E-state index in [1.54, 1.807) is 0 Å². The summed E-state index contributed by atoms with van der Waals surface area (Å²) in [4.78, 5) is 2.56. The highest BCUT2D eigenvalue weighted by molar-refractivity contribution is 7.30. The summed E-state index contributed by atoms with van der Waals surface area (Å²) in [6.07, 6.45) is 0. The Labute approximate surface area is 177 Å². The van der Waals surface area contributed by atoms with Crippen LogP contribution < -0.4 is 9.59 Å². The standard InChI is InChI=1S/C26H15BN2S/c1-4-12-20-16(8-1)17-11-7-14-22-25(17)29(20)27-26-24(19-10-3-6-15-23(19)30-26)18-9-2-5-13-21(18)28(22)27/h1-15H. The number of thiophene rings is 1. The van der Waals surface area contributed by atoms with Gasteiger partial charge in [0.1, 0.15) is 0 Å². The third kappa shape index (κ3) is 1.62. The minimum absolute atomic E-state index is 0.159. The molecule has 4 heteroatoms. The van der Waals surface area contributed by atoms with Crippen LogP contribution in [0, 0.1) is 0 Å². The van der Waals surface area contributed by atoms with Crippen LogP contribution in [0.15, 0.2) is 91.0 Å². The zero-order valence-corrected chi connectivity index (χ0v) is 16.9. The summed E-state index contributed by atoms with van der Waals surface area (Å²) in [5, 5.41) is 4.06. The van der Waals surface area contributed by atoms with Gasteiger partial charge in [-0.2, -0.15) is 0 Å². The Balaban J connectivity index is 1.61. The summed E-state index contributed by atoms with van der Waals surface area (Å²) >= 11 is 1.94. The summed E-state index contributed by atoms with van der Waals surface area (Å²) in [7, 11) is 0. The van der Waals surface area contributed by atoms with Crippen molar-refractivity contribution in [3.8, 4) is 11.1 Å².